The van der Waals surface area contributed by atoms with E-state index in [-0.39, 0.29) is 30.3 Å². The Balaban J connectivity index is 0.730. The first-order chi connectivity index (χ1) is 30.4. The number of benzene rings is 2. The maximum Gasteiger partial charge on any atom is 0.433 e. The fraction of sp³-hybridized carbons (Fsp3) is 0.500. The summed E-state index contributed by atoms with van der Waals surface area (Å²) in [5.74, 6) is -0.238. The van der Waals surface area contributed by atoms with Crippen LogP contribution in [-0.4, -0.2) is 80.7 Å². The van der Waals surface area contributed by atoms with Gasteiger partial charge in [0, 0.05) is 53.6 Å². The van der Waals surface area contributed by atoms with E-state index in [0.717, 1.165) is 91.4 Å². The Kier molecular flexibility index (Phi) is 11.7. The number of likely N-dealkylation sites (tertiary alicyclic amines) is 1. The molecule has 1 spiro atoms. The van der Waals surface area contributed by atoms with Crippen molar-refractivity contribution in [1.29, 1.82) is 0 Å². The Morgan fingerprint density at radius 3 is 2.41 bits per heavy atom. The molecule has 1 unspecified atom stereocenters. The van der Waals surface area contributed by atoms with E-state index in [4.69, 9.17) is 4.98 Å². The number of amides is 4. The molecule has 4 aromatic rings. The van der Waals surface area contributed by atoms with Crippen LogP contribution in [0.2, 0.25) is 0 Å². The summed E-state index contributed by atoms with van der Waals surface area (Å²) in [7, 11) is 0. The van der Waals surface area contributed by atoms with E-state index in [9.17, 15) is 37.5 Å². The monoisotopic (exact) mass is 897 g/mol. The van der Waals surface area contributed by atoms with Crippen molar-refractivity contribution in [3.8, 4) is 0 Å². The molecular weight excluding hydrogens is 844 g/mol. The minimum atomic E-state index is -4.69. The van der Waals surface area contributed by atoms with Gasteiger partial charge in [-0.25, -0.2) is 9.97 Å². The molecule has 4 N–H and O–H groups in total. The number of fused-ring (bicyclic) bond motifs is 2. The Hall–Kier alpha value is -5.19. The van der Waals surface area contributed by atoms with Gasteiger partial charge in [-0.1, -0.05) is 24.8 Å². The average Bonchev–Trinajstić information content (AvgIpc) is 3.77. The highest BCUT2D eigenvalue weighted by molar-refractivity contribution is 7.18. The normalized spacial score (nSPS) is 23.0. The molecule has 4 amide bonds. The molecule has 0 bridgehead atoms. The van der Waals surface area contributed by atoms with E-state index in [1.54, 1.807) is 37.3 Å². The summed E-state index contributed by atoms with van der Waals surface area (Å²) in [6.45, 7) is 11.4. The highest BCUT2D eigenvalue weighted by Gasteiger charge is 2.46. The molecule has 1 atom stereocenters. The lowest BCUT2D eigenvalue weighted by Crippen LogP contribution is -2.52. The first-order valence-corrected chi connectivity index (χ1v) is 23.2. The number of aromatic nitrogens is 2. The second kappa shape index (κ2) is 17.0. The molecule has 16 heteroatoms. The third-order valence-electron chi connectivity index (χ3n) is 14.3. The molecule has 2 aliphatic carbocycles. The SMILES string of the molecule is C=C1c2cccc(NCCC3CC4(CCN(C[C@H]5CC[C@H](c6nc7cc(C(C)(C)O)c(NC(=O)c8cccc(C(F)(F)F)n8)cc7s6)CC5)CC4)C3)c2C(=O)N1C1CCC(=O)NC1=O. The molecule has 64 heavy (non-hydrogen) atoms. The number of pyridine rings is 1. The van der Waals surface area contributed by atoms with Crippen LogP contribution in [0.5, 0.6) is 0 Å². The zero-order valence-electron chi connectivity index (χ0n) is 36.2. The maximum absolute atomic E-state index is 13.6. The fourth-order valence-corrected chi connectivity index (χ4v) is 12.0. The second-order valence-corrected chi connectivity index (χ2v) is 20.2. The number of hydrogen-bond donors (Lipinski definition) is 4. The molecule has 4 fully saturated rings. The van der Waals surface area contributed by atoms with E-state index in [1.165, 1.54) is 36.6 Å². The molecule has 3 aliphatic heterocycles. The third-order valence-corrected chi connectivity index (χ3v) is 15.5. The Morgan fingerprint density at radius 2 is 1.70 bits per heavy atom. The summed E-state index contributed by atoms with van der Waals surface area (Å²) < 4.78 is 40.7. The van der Waals surface area contributed by atoms with Gasteiger partial charge in [-0.05, 0) is 139 Å². The second-order valence-electron chi connectivity index (χ2n) is 19.2. The van der Waals surface area contributed by atoms with Crippen molar-refractivity contribution in [1.82, 2.24) is 25.1 Å². The maximum atomic E-state index is 13.6. The molecule has 9 rings (SSSR count). The largest absolute Gasteiger partial charge is 0.433 e. The number of thiazole rings is 1. The van der Waals surface area contributed by atoms with Gasteiger partial charge in [0.1, 0.15) is 17.4 Å². The van der Waals surface area contributed by atoms with E-state index in [1.807, 2.05) is 18.2 Å². The number of rotatable bonds is 11. The summed E-state index contributed by atoms with van der Waals surface area (Å²) in [6, 6.07) is 11.6. The van der Waals surface area contributed by atoms with Gasteiger partial charge >= 0.3 is 6.18 Å². The molecule has 2 saturated heterocycles. The van der Waals surface area contributed by atoms with Gasteiger partial charge < -0.3 is 20.6 Å². The van der Waals surface area contributed by atoms with Gasteiger partial charge in [-0.3, -0.25) is 29.4 Å². The highest BCUT2D eigenvalue weighted by Crippen LogP contribution is 2.54. The Morgan fingerprint density at radius 1 is 0.969 bits per heavy atom. The van der Waals surface area contributed by atoms with E-state index >= 15 is 0 Å². The summed E-state index contributed by atoms with van der Waals surface area (Å²) in [5.41, 5.74) is 1.50. The molecule has 5 heterocycles. The molecule has 0 radical (unpaired) electrons. The number of hydrogen-bond acceptors (Lipinski definition) is 10. The van der Waals surface area contributed by atoms with E-state index in [2.05, 4.69) is 32.4 Å². The summed E-state index contributed by atoms with van der Waals surface area (Å²) in [4.78, 5) is 63.7. The molecule has 12 nitrogen and oxygen atoms in total. The van der Waals surface area contributed by atoms with Crippen LogP contribution >= 0.6 is 11.3 Å². The molecule has 2 aromatic heterocycles. The van der Waals surface area contributed by atoms with Gasteiger partial charge in [-0.2, -0.15) is 13.2 Å². The zero-order chi connectivity index (χ0) is 45.1. The van der Waals surface area contributed by atoms with Crippen molar-refractivity contribution >= 4 is 62.3 Å². The van der Waals surface area contributed by atoms with Gasteiger partial charge in [-0.15, -0.1) is 11.3 Å². The summed E-state index contributed by atoms with van der Waals surface area (Å²) in [5, 5.41) is 20.6. The topological polar surface area (TPSA) is 157 Å². The summed E-state index contributed by atoms with van der Waals surface area (Å²) >= 11 is 1.56. The number of halogens is 3. The first-order valence-electron chi connectivity index (χ1n) is 22.4. The van der Waals surface area contributed by atoms with Crippen molar-refractivity contribution in [3.63, 3.8) is 0 Å². The van der Waals surface area contributed by atoms with Gasteiger partial charge in [0.15, 0.2) is 0 Å². The number of alkyl halides is 3. The number of imide groups is 1. The fourth-order valence-electron chi connectivity index (χ4n) is 10.8. The van der Waals surface area contributed by atoms with Crippen LogP contribution in [0, 0.1) is 17.3 Å². The molecule has 338 valence electrons. The average molecular weight is 898 g/mol. The van der Waals surface area contributed by atoms with Crippen LogP contribution in [0.25, 0.3) is 15.9 Å². The number of nitrogens with zero attached hydrogens (tertiary/aromatic N) is 4. The quantitative estimate of drug-likeness (QED) is 0.108. The van der Waals surface area contributed by atoms with Crippen LogP contribution in [0.1, 0.15) is 133 Å². The van der Waals surface area contributed by atoms with Crippen molar-refractivity contribution in [2.45, 2.75) is 108 Å². The zero-order valence-corrected chi connectivity index (χ0v) is 37.0. The smallest absolute Gasteiger partial charge is 0.386 e. The van der Waals surface area contributed by atoms with Crippen molar-refractivity contribution in [2.24, 2.45) is 17.3 Å². The minimum Gasteiger partial charge on any atom is -0.386 e. The van der Waals surface area contributed by atoms with Gasteiger partial charge in [0.2, 0.25) is 11.8 Å². The lowest BCUT2D eigenvalue weighted by atomic mass is 9.57. The Labute approximate surface area is 374 Å². The number of carbonyl (C=O) groups is 4. The third kappa shape index (κ3) is 8.80. The lowest BCUT2D eigenvalue weighted by Gasteiger charge is -2.53. The van der Waals surface area contributed by atoms with E-state index in [0.29, 0.717) is 51.2 Å². The molecular formula is C48H54F3N7O5S. The van der Waals surface area contributed by atoms with Crippen LogP contribution in [0.3, 0.4) is 0 Å². The number of aliphatic hydroxyl groups is 1. The molecule has 2 aromatic carbocycles. The molecule has 2 saturated carbocycles. The Bertz CT molecular complexity index is 2510. The standard InChI is InChI=1S/C48H54F3N7O5S/c1-27-31-6-4-7-33(41(31)45(62)58(27)37-14-15-40(59)56-43(37)61)52-19-16-29-24-47(25-29)17-20-57(21-18-47)26-28-10-12-30(13-11-28)44-55-36-22-32(46(2,3)63)35(23-38(36)64-44)54-42(60)34-8-5-9-39(53-34)48(49,50)51/h4-9,22-23,28-30,37,52,63H,1,10-21,24-26H2,2-3H3,(H,54,60)(H,56,59,61)/t28-,30-,37?. The number of nitrogens with one attached hydrogen (secondary N) is 3. The van der Waals surface area contributed by atoms with Crippen molar-refractivity contribution in [3.05, 3.63) is 88.2 Å². The minimum absolute atomic E-state index is 0.190. The predicted molar refractivity (Wildman–Crippen MR) is 239 cm³/mol. The number of piperidine rings is 2. The van der Waals surface area contributed by atoms with Gasteiger partial charge in [0.25, 0.3) is 11.8 Å². The van der Waals surface area contributed by atoms with Crippen molar-refractivity contribution in [2.75, 3.05) is 36.8 Å². The number of anilines is 2. The predicted octanol–water partition coefficient (Wildman–Crippen LogP) is 8.69. The van der Waals surface area contributed by atoms with Gasteiger partial charge in [0.05, 0.1) is 26.4 Å². The van der Waals surface area contributed by atoms with Crippen LogP contribution in [0.15, 0.2) is 55.1 Å². The number of carbonyl (C=O) groups excluding carboxylic acids is 4. The summed E-state index contributed by atoms with van der Waals surface area (Å²) in [6.07, 6.45) is 6.05. The van der Waals surface area contributed by atoms with Crippen LogP contribution in [-0.2, 0) is 21.4 Å². The lowest BCUT2D eigenvalue weighted by molar-refractivity contribution is -0.141. The van der Waals surface area contributed by atoms with Crippen LogP contribution < -0.4 is 16.0 Å². The first kappa shape index (κ1) is 44.0. The highest BCUT2D eigenvalue weighted by atomic mass is 32.1. The van der Waals surface area contributed by atoms with Crippen LogP contribution in [0.4, 0.5) is 24.5 Å². The molecule has 5 aliphatic rings. The van der Waals surface area contributed by atoms with E-state index < -0.39 is 35.3 Å². The van der Waals surface area contributed by atoms with Crippen molar-refractivity contribution < 1.29 is 37.5 Å².